The number of pyridine rings is 1. The van der Waals surface area contributed by atoms with Crippen LogP contribution in [0.15, 0.2) is 18.3 Å². The first-order valence-electron chi connectivity index (χ1n) is 6.49. The number of hydrogen-bond acceptors (Lipinski definition) is 2. The molecular formula is C14H19N3O. The smallest absolute Gasteiger partial charge is 0.270 e. The highest BCUT2D eigenvalue weighted by Gasteiger charge is 2.18. The zero-order chi connectivity index (χ0) is 13.1. The van der Waals surface area contributed by atoms with Gasteiger partial charge in [0.1, 0.15) is 11.3 Å². The lowest BCUT2D eigenvalue weighted by molar-refractivity contribution is 0.0949. The molecule has 0 fully saturated rings. The number of carbonyl (C=O) groups excluding carboxylic acids is 1. The third-order valence-electron chi connectivity index (χ3n) is 3.07. The molecule has 0 atom stereocenters. The summed E-state index contributed by atoms with van der Waals surface area (Å²) in [5.41, 5.74) is 3.60. The second-order valence-corrected chi connectivity index (χ2v) is 4.20. The van der Waals surface area contributed by atoms with Crippen LogP contribution in [-0.4, -0.2) is 21.8 Å². The maximum absolute atomic E-state index is 12.1. The number of aryl methyl sites for hydroxylation is 2. The van der Waals surface area contributed by atoms with Crippen LogP contribution in [0.25, 0.3) is 5.65 Å². The lowest BCUT2D eigenvalue weighted by Crippen LogP contribution is -2.25. The fourth-order valence-corrected chi connectivity index (χ4v) is 2.18. The first-order chi connectivity index (χ1) is 8.72. The molecule has 1 N–H and O–H groups in total. The second-order valence-electron chi connectivity index (χ2n) is 4.20. The molecule has 0 aliphatic rings. The summed E-state index contributed by atoms with van der Waals surface area (Å²) in [6.45, 7) is 6.67. The SMILES string of the molecule is CCNC(=O)c1c(CC)nc2c(CC)cccn12. The molecule has 2 rings (SSSR count). The first kappa shape index (κ1) is 12.6. The van der Waals surface area contributed by atoms with Crippen LogP contribution in [-0.2, 0) is 12.8 Å². The summed E-state index contributed by atoms with van der Waals surface area (Å²) in [5.74, 6) is -0.0462. The minimum Gasteiger partial charge on any atom is -0.351 e. The van der Waals surface area contributed by atoms with Crippen LogP contribution in [0.1, 0.15) is 42.5 Å². The van der Waals surface area contributed by atoms with E-state index in [2.05, 4.69) is 23.3 Å². The molecule has 0 saturated heterocycles. The summed E-state index contributed by atoms with van der Waals surface area (Å²) < 4.78 is 1.91. The van der Waals surface area contributed by atoms with Crippen LogP contribution >= 0.6 is 0 Å². The number of nitrogens with one attached hydrogen (secondary N) is 1. The van der Waals surface area contributed by atoms with Crippen LogP contribution in [0.4, 0.5) is 0 Å². The van der Waals surface area contributed by atoms with Crippen molar-refractivity contribution < 1.29 is 4.79 Å². The number of rotatable bonds is 4. The lowest BCUT2D eigenvalue weighted by atomic mass is 10.2. The van der Waals surface area contributed by atoms with Gasteiger partial charge < -0.3 is 5.32 Å². The summed E-state index contributed by atoms with van der Waals surface area (Å²) in [6, 6.07) is 4.03. The van der Waals surface area contributed by atoms with Crippen molar-refractivity contribution in [3.05, 3.63) is 35.3 Å². The Bertz CT molecular complexity index is 572. The third kappa shape index (κ3) is 1.98. The average molecular weight is 245 g/mol. The molecular weight excluding hydrogens is 226 g/mol. The van der Waals surface area contributed by atoms with Crippen LogP contribution < -0.4 is 5.32 Å². The Morgan fingerprint density at radius 1 is 1.33 bits per heavy atom. The number of fused-ring (bicyclic) bond motifs is 1. The van der Waals surface area contributed by atoms with Gasteiger partial charge in [0.25, 0.3) is 5.91 Å². The molecule has 18 heavy (non-hydrogen) atoms. The van der Waals surface area contributed by atoms with Gasteiger partial charge >= 0.3 is 0 Å². The standard InChI is InChI=1S/C14H19N3O/c1-4-10-8-7-9-17-12(14(18)15-6-3)11(5-2)16-13(10)17/h7-9H,4-6H2,1-3H3,(H,15,18). The maximum Gasteiger partial charge on any atom is 0.270 e. The summed E-state index contributed by atoms with van der Waals surface area (Å²) in [5, 5.41) is 2.85. The highest BCUT2D eigenvalue weighted by Crippen LogP contribution is 2.17. The fourth-order valence-electron chi connectivity index (χ4n) is 2.18. The van der Waals surface area contributed by atoms with E-state index in [-0.39, 0.29) is 5.91 Å². The maximum atomic E-state index is 12.1. The van der Waals surface area contributed by atoms with Gasteiger partial charge in [0.15, 0.2) is 0 Å². The summed E-state index contributed by atoms with van der Waals surface area (Å²) >= 11 is 0. The molecule has 2 aromatic heterocycles. The summed E-state index contributed by atoms with van der Waals surface area (Å²) in [4.78, 5) is 16.7. The van der Waals surface area contributed by atoms with E-state index in [0.29, 0.717) is 12.2 Å². The van der Waals surface area contributed by atoms with E-state index >= 15 is 0 Å². The van der Waals surface area contributed by atoms with Gasteiger partial charge in [-0.05, 0) is 31.4 Å². The van der Waals surface area contributed by atoms with E-state index in [9.17, 15) is 4.79 Å². The van der Waals surface area contributed by atoms with E-state index in [0.717, 1.165) is 24.2 Å². The van der Waals surface area contributed by atoms with Crippen molar-refractivity contribution in [2.75, 3.05) is 6.54 Å². The Morgan fingerprint density at radius 2 is 2.11 bits per heavy atom. The number of hydrogen-bond donors (Lipinski definition) is 1. The Labute approximate surface area is 107 Å². The predicted molar refractivity (Wildman–Crippen MR) is 72.0 cm³/mol. The van der Waals surface area contributed by atoms with Crippen molar-refractivity contribution in [1.82, 2.24) is 14.7 Å². The van der Waals surface area contributed by atoms with Gasteiger partial charge in [-0.1, -0.05) is 19.9 Å². The van der Waals surface area contributed by atoms with Gasteiger partial charge in [0.2, 0.25) is 0 Å². The quantitative estimate of drug-likeness (QED) is 0.897. The molecule has 1 amide bonds. The minimum atomic E-state index is -0.0462. The second kappa shape index (κ2) is 5.21. The Kier molecular flexibility index (Phi) is 3.65. The number of carbonyl (C=O) groups is 1. The predicted octanol–water partition coefficient (Wildman–Crippen LogP) is 2.21. The molecule has 0 aliphatic heterocycles. The molecule has 0 unspecified atom stereocenters. The van der Waals surface area contributed by atoms with E-state index in [1.807, 2.05) is 30.5 Å². The van der Waals surface area contributed by atoms with Gasteiger partial charge in [-0.15, -0.1) is 0 Å². The molecule has 2 aromatic rings. The molecule has 0 bridgehead atoms. The zero-order valence-electron chi connectivity index (χ0n) is 11.2. The first-order valence-corrected chi connectivity index (χ1v) is 6.49. The molecule has 0 aromatic carbocycles. The Hall–Kier alpha value is -1.84. The highest BCUT2D eigenvalue weighted by molar-refractivity contribution is 5.94. The van der Waals surface area contributed by atoms with E-state index < -0.39 is 0 Å². The van der Waals surface area contributed by atoms with Gasteiger partial charge in [0, 0.05) is 12.7 Å². The van der Waals surface area contributed by atoms with Crippen molar-refractivity contribution in [3.8, 4) is 0 Å². The highest BCUT2D eigenvalue weighted by atomic mass is 16.1. The number of nitrogens with zero attached hydrogens (tertiary/aromatic N) is 2. The van der Waals surface area contributed by atoms with Crippen LogP contribution in [0.5, 0.6) is 0 Å². The molecule has 96 valence electrons. The van der Waals surface area contributed by atoms with E-state index in [1.165, 1.54) is 5.56 Å². The fraction of sp³-hybridized carbons (Fsp3) is 0.429. The summed E-state index contributed by atoms with van der Waals surface area (Å²) in [7, 11) is 0. The number of amides is 1. The van der Waals surface area contributed by atoms with Crippen LogP contribution in [0.3, 0.4) is 0 Å². The normalized spacial score (nSPS) is 10.8. The van der Waals surface area contributed by atoms with Gasteiger partial charge in [-0.2, -0.15) is 0 Å². The van der Waals surface area contributed by atoms with E-state index in [1.54, 1.807) is 0 Å². The average Bonchev–Trinajstić information content (AvgIpc) is 2.77. The third-order valence-corrected chi connectivity index (χ3v) is 3.07. The topological polar surface area (TPSA) is 46.4 Å². The molecule has 2 heterocycles. The molecule has 4 nitrogen and oxygen atoms in total. The molecule has 4 heteroatoms. The molecule has 0 radical (unpaired) electrons. The Balaban J connectivity index is 2.66. The largest absolute Gasteiger partial charge is 0.351 e. The van der Waals surface area contributed by atoms with Crippen molar-refractivity contribution in [1.29, 1.82) is 0 Å². The van der Waals surface area contributed by atoms with Crippen molar-refractivity contribution in [2.45, 2.75) is 33.6 Å². The zero-order valence-corrected chi connectivity index (χ0v) is 11.2. The molecule has 0 aliphatic carbocycles. The van der Waals surface area contributed by atoms with Gasteiger partial charge in [-0.3, -0.25) is 9.20 Å². The lowest BCUT2D eigenvalue weighted by Gasteiger charge is -2.05. The number of imidazole rings is 1. The van der Waals surface area contributed by atoms with Crippen molar-refractivity contribution >= 4 is 11.6 Å². The molecule has 0 saturated carbocycles. The minimum absolute atomic E-state index is 0.0462. The summed E-state index contributed by atoms with van der Waals surface area (Å²) in [6.07, 6.45) is 3.59. The van der Waals surface area contributed by atoms with Crippen LogP contribution in [0, 0.1) is 0 Å². The van der Waals surface area contributed by atoms with Crippen LogP contribution in [0.2, 0.25) is 0 Å². The van der Waals surface area contributed by atoms with Gasteiger partial charge in [-0.25, -0.2) is 4.98 Å². The van der Waals surface area contributed by atoms with Gasteiger partial charge in [0.05, 0.1) is 5.69 Å². The Morgan fingerprint density at radius 3 is 2.72 bits per heavy atom. The van der Waals surface area contributed by atoms with Crippen molar-refractivity contribution in [3.63, 3.8) is 0 Å². The van der Waals surface area contributed by atoms with E-state index in [4.69, 9.17) is 0 Å². The van der Waals surface area contributed by atoms with Crippen molar-refractivity contribution in [2.24, 2.45) is 0 Å². The molecule has 0 spiro atoms. The monoisotopic (exact) mass is 245 g/mol. The number of aromatic nitrogens is 2.